The summed E-state index contributed by atoms with van der Waals surface area (Å²) in [6.07, 6.45) is 1.14. The first kappa shape index (κ1) is 25.7. The van der Waals surface area contributed by atoms with Gasteiger partial charge in [-0.15, -0.1) is 0 Å². The molecule has 0 radical (unpaired) electrons. The Bertz CT molecular complexity index is 1330. The molecule has 2 aliphatic rings. The third kappa shape index (κ3) is 4.84. The van der Waals surface area contributed by atoms with Crippen LogP contribution in [0.25, 0.3) is 0 Å². The number of piperidine rings is 1. The molecule has 35 heavy (non-hydrogen) atoms. The summed E-state index contributed by atoms with van der Waals surface area (Å²) in [6, 6.07) is 8.56. The normalized spacial score (nSPS) is 18.1. The van der Waals surface area contributed by atoms with Gasteiger partial charge in [0, 0.05) is 44.8 Å². The van der Waals surface area contributed by atoms with E-state index in [0.717, 1.165) is 8.61 Å². The number of hydrogen-bond acceptors (Lipinski definition) is 6. The molecule has 2 heterocycles. The summed E-state index contributed by atoms with van der Waals surface area (Å²) in [4.78, 5) is 16.3. The van der Waals surface area contributed by atoms with Crippen LogP contribution in [0.4, 0.5) is 14.9 Å². The van der Waals surface area contributed by atoms with Crippen LogP contribution in [0.1, 0.15) is 12.8 Å². The van der Waals surface area contributed by atoms with Crippen molar-refractivity contribution < 1.29 is 26.0 Å². The zero-order chi connectivity index (χ0) is 25.5. The van der Waals surface area contributed by atoms with Crippen LogP contribution in [-0.2, 0) is 20.0 Å². The average molecular weight is 545 g/mol. The van der Waals surface area contributed by atoms with Gasteiger partial charge in [-0.3, -0.25) is 0 Å². The second kappa shape index (κ2) is 9.57. The minimum Gasteiger partial charge on any atom is -0.369 e. The van der Waals surface area contributed by atoms with Crippen molar-refractivity contribution in [3.63, 3.8) is 0 Å². The number of rotatable bonds is 6. The van der Waals surface area contributed by atoms with E-state index in [1.807, 2.05) is 4.90 Å². The van der Waals surface area contributed by atoms with E-state index in [2.05, 4.69) is 0 Å². The van der Waals surface area contributed by atoms with Crippen LogP contribution in [0.2, 0.25) is 5.02 Å². The molecule has 2 aromatic carbocycles. The summed E-state index contributed by atoms with van der Waals surface area (Å²) in [5.74, 6) is -0.408. The second-order valence-corrected chi connectivity index (χ2v) is 13.1. The zero-order valence-electron chi connectivity index (χ0n) is 19.3. The highest BCUT2D eigenvalue weighted by Gasteiger charge is 2.41. The summed E-state index contributed by atoms with van der Waals surface area (Å²) in [5, 5.41) is 0.319. The maximum Gasteiger partial charge on any atom is 0.334 e. The number of benzene rings is 2. The number of hydrogen-bond donors (Lipinski definition) is 0. The molecule has 2 fully saturated rings. The molecule has 2 saturated heterocycles. The van der Waals surface area contributed by atoms with Gasteiger partial charge in [-0.05, 0) is 55.3 Å². The molecular weight excluding hydrogens is 519 g/mol. The van der Waals surface area contributed by atoms with Crippen LogP contribution < -0.4 is 4.90 Å². The first-order valence-corrected chi connectivity index (χ1v) is 14.2. The predicted molar refractivity (Wildman–Crippen MR) is 130 cm³/mol. The molecule has 0 spiro atoms. The number of halogens is 2. The molecular formula is C22H26ClFN4O5S2. The van der Waals surface area contributed by atoms with Crippen LogP contribution in [0, 0.1) is 5.82 Å². The predicted octanol–water partition coefficient (Wildman–Crippen LogP) is 2.82. The van der Waals surface area contributed by atoms with Crippen molar-refractivity contribution in [2.45, 2.75) is 28.7 Å². The smallest absolute Gasteiger partial charge is 0.334 e. The SMILES string of the molecule is CN(C)S(=O)(=O)c1ccc(S(=O)(=O)N2CCN(C3CCN(c4ccc(Cl)cc4F)CC3)C2=O)cc1. The minimum absolute atomic E-state index is 0.00490. The molecule has 0 saturated carbocycles. The van der Waals surface area contributed by atoms with E-state index < -0.39 is 31.9 Å². The molecule has 0 aliphatic carbocycles. The van der Waals surface area contributed by atoms with Crippen molar-refractivity contribution in [2.75, 3.05) is 45.2 Å². The molecule has 2 aliphatic heterocycles. The van der Waals surface area contributed by atoms with Crippen LogP contribution in [-0.4, -0.2) is 82.7 Å². The largest absolute Gasteiger partial charge is 0.369 e. The first-order chi connectivity index (χ1) is 16.4. The van der Waals surface area contributed by atoms with Crippen LogP contribution >= 0.6 is 11.6 Å². The number of carbonyl (C=O) groups is 1. The summed E-state index contributed by atoms with van der Waals surface area (Å²) in [5.41, 5.74) is 0.449. The molecule has 0 N–H and O–H groups in total. The van der Waals surface area contributed by atoms with Gasteiger partial charge in [-0.25, -0.2) is 34.6 Å². The van der Waals surface area contributed by atoms with Crippen molar-refractivity contribution in [3.05, 3.63) is 53.3 Å². The second-order valence-electron chi connectivity index (χ2n) is 8.63. The Hall–Kier alpha value is -2.41. The van der Waals surface area contributed by atoms with Gasteiger partial charge < -0.3 is 9.80 Å². The van der Waals surface area contributed by atoms with E-state index >= 15 is 0 Å². The van der Waals surface area contributed by atoms with Crippen LogP contribution in [0.15, 0.2) is 52.3 Å². The highest BCUT2D eigenvalue weighted by molar-refractivity contribution is 7.90. The van der Waals surface area contributed by atoms with Crippen molar-refractivity contribution in [1.29, 1.82) is 0 Å². The highest BCUT2D eigenvalue weighted by Crippen LogP contribution is 2.30. The lowest BCUT2D eigenvalue weighted by Crippen LogP contribution is -2.47. The van der Waals surface area contributed by atoms with Gasteiger partial charge in [-0.1, -0.05) is 11.6 Å². The highest BCUT2D eigenvalue weighted by atomic mass is 35.5. The van der Waals surface area contributed by atoms with Gasteiger partial charge in [-0.2, -0.15) is 0 Å². The molecule has 2 aromatic rings. The average Bonchev–Trinajstić information content (AvgIpc) is 3.21. The Morgan fingerprint density at radius 2 is 1.51 bits per heavy atom. The molecule has 0 unspecified atom stereocenters. The lowest BCUT2D eigenvalue weighted by atomic mass is 10.0. The summed E-state index contributed by atoms with van der Waals surface area (Å²) >= 11 is 5.83. The number of nitrogens with zero attached hydrogens (tertiary/aromatic N) is 4. The fourth-order valence-electron chi connectivity index (χ4n) is 4.37. The minimum atomic E-state index is -4.14. The topological polar surface area (TPSA) is 98.3 Å². The zero-order valence-corrected chi connectivity index (χ0v) is 21.7. The molecule has 13 heteroatoms. The van der Waals surface area contributed by atoms with Gasteiger partial charge in [0.15, 0.2) is 0 Å². The van der Waals surface area contributed by atoms with Gasteiger partial charge in [0.1, 0.15) is 5.82 Å². The Morgan fingerprint density at radius 3 is 2.09 bits per heavy atom. The standard InChI is InChI=1S/C22H26ClFN4O5S2/c1-25(2)34(30,31)18-4-6-19(7-5-18)35(32,33)28-14-13-27(22(28)29)17-9-11-26(12-10-17)21-8-3-16(23)15-20(21)24/h3-8,15,17H,9-14H2,1-2H3. The Labute approximate surface area is 209 Å². The van der Waals surface area contributed by atoms with Crippen molar-refractivity contribution in [2.24, 2.45) is 0 Å². The number of carbonyl (C=O) groups excluding carboxylic acids is 1. The third-order valence-electron chi connectivity index (χ3n) is 6.35. The Kier molecular flexibility index (Phi) is 7.02. The first-order valence-electron chi connectivity index (χ1n) is 11.0. The Balaban J connectivity index is 1.44. The van der Waals surface area contributed by atoms with Crippen molar-refractivity contribution in [3.8, 4) is 0 Å². The van der Waals surface area contributed by atoms with Crippen molar-refractivity contribution in [1.82, 2.24) is 13.5 Å². The fraction of sp³-hybridized carbons (Fsp3) is 0.409. The van der Waals surface area contributed by atoms with Gasteiger partial charge in [0.2, 0.25) is 10.0 Å². The quantitative estimate of drug-likeness (QED) is 0.554. The van der Waals surface area contributed by atoms with E-state index in [4.69, 9.17) is 11.6 Å². The number of urea groups is 1. The van der Waals surface area contributed by atoms with E-state index in [0.29, 0.717) is 36.6 Å². The molecule has 0 aromatic heterocycles. The van der Waals surface area contributed by atoms with E-state index in [1.54, 1.807) is 17.0 Å². The number of anilines is 1. The fourth-order valence-corrected chi connectivity index (χ4v) is 6.80. The maximum atomic E-state index is 14.3. The maximum absolute atomic E-state index is 14.3. The third-order valence-corrected chi connectivity index (χ3v) is 10.2. The molecule has 2 amide bonds. The summed E-state index contributed by atoms with van der Waals surface area (Å²) in [7, 11) is -5.08. The molecule has 190 valence electrons. The monoisotopic (exact) mass is 544 g/mol. The lowest BCUT2D eigenvalue weighted by Gasteiger charge is -2.37. The van der Waals surface area contributed by atoms with Gasteiger partial charge >= 0.3 is 6.03 Å². The van der Waals surface area contributed by atoms with Gasteiger partial charge in [0.05, 0.1) is 22.0 Å². The van der Waals surface area contributed by atoms with E-state index in [-0.39, 0.29) is 28.9 Å². The summed E-state index contributed by atoms with van der Waals surface area (Å²) in [6.45, 7) is 1.29. The van der Waals surface area contributed by atoms with E-state index in [9.17, 15) is 26.0 Å². The lowest BCUT2D eigenvalue weighted by molar-refractivity contribution is 0.179. The van der Waals surface area contributed by atoms with Crippen LogP contribution in [0.5, 0.6) is 0 Å². The number of amides is 2. The van der Waals surface area contributed by atoms with Crippen LogP contribution in [0.3, 0.4) is 0 Å². The van der Waals surface area contributed by atoms with Crippen molar-refractivity contribution >= 4 is 43.4 Å². The van der Waals surface area contributed by atoms with Gasteiger partial charge in [0.25, 0.3) is 10.0 Å². The molecule has 0 bridgehead atoms. The molecule has 4 rings (SSSR count). The van der Waals surface area contributed by atoms with E-state index in [1.165, 1.54) is 44.4 Å². The Morgan fingerprint density at radius 1 is 0.914 bits per heavy atom. The number of sulfonamides is 2. The summed E-state index contributed by atoms with van der Waals surface area (Å²) < 4.78 is 66.9. The molecule has 0 atom stereocenters. The molecule has 9 nitrogen and oxygen atoms in total.